The molecule has 0 saturated heterocycles. The first kappa shape index (κ1) is 10.5. The first-order valence-corrected chi connectivity index (χ1v) is 4.81. The van der Waals surface area contributed by atoms with Gasteiger partial charge in [-0.2, -0.15) is 0 Å². The number of carboxylic acid groups (broad SMARTS) is 1. The van der Waals surface area contributed by atoms with Crippen molar-refractivity contribution >= 4 is 28.3 Å². The summed E-state index contributed by atoms with van der Waals surface area (Å²) in [5.74, 6) is -1.06. The van der Waals surface area contributed by atoms with Crippen LogP contribution in [-0.4, -0.2) is 23.1 Å². The smallest absolute Gasteiger partial charge is 0.325 e. The van der Waals surface area contributed by atoms with Crippen molar-refractivity contribution in [2.45, 2.75) is 13.0 Å². The van der Waals surface area contributed by atoms with Gasteiger partial charge in [0.15, 0.2) is 0 Å². The van der Waals surface area contributed by atoms with Gasteiger partial charge in [-0.1, -0.05) is 0 Å². The van der Waals surface area contributed by atoms with Gasteiger partial charge in [-0.3, -0.25) is 10.1 Å². The molecule has 5 nitrogen and oxygen atoms in total. The number of thiophene rings is 1. The molecule has 0 unspecified atom stereocenters. The maximum atomic E-state index is 11.1. The molecule has 6 heteroatoms. The van der Waals surface area contributed by atoms with E-state index in [4.69, 9.17) is 5.11 Å². The van der Waals surface area contributed by atoms with Crippen LogP contribution in [0.4, 0.5) is 9.80 Å². The molecule has 0 aliphatic carbocycles. The van der Waals surface area contributed by atoms with Crippen molar-refractivity contribution in [2.24, 2.45) is 0 Å². The third-order valence-electron chi connectivity index (χ3n) is 1.48. The van der Waals surface area contributed by atoms with Gasteiger partial charge in [-0.15, -0.1) is 11.3 Å². The molecule has 2 amide bonds. The van der Waals surface area contributed by atoms with E-state index in [1.54, 1.807) is 12.1 Å². The molecular formula is C8H10N2O3S. The summed E-state index contributed by atoms with van der Waals surface area (Å²) < 4.78 is 0. The summed E-state index contributed by atoms with van der Waals surface area (Å²) in [6.07, 6.45) is 0. The van der Waals surface area contributed by atoms with E-state index >= 15 is 0 Å². The van der Waals surface area contributed by atoms with Gasteiger partial charge in [0.2, 0.25) is 0 Å². The molecule has 0 saturated carbocycles. The lowest BCUT2D eigenvalue weighted by atomic mass is 10.3. The number of carbonyl (C=O) groups excluding carboxylic acids is 1. The second kappa shape index (κ2) is 4.61. The van der Waals surface area contributed by atoms with Crippen LogP contribution in [0, 0.1) is 0 Å². The molecule has 1 heterocycles. The van der Waals surface area contributed by atoms with Crippen LogP contribution >= 0.6 is 11.3 Å². The predicted octanol–water partition coefficient (Wildman–Crippen LogP) is 1.34. The van der Waals surface area contributed by atoms with Gasteiger partial charge < -0.3 is 10.4 Å². The second-order valence-corrected chi connectivity index (χ2v) is 3.58. The minimum Gasteiger partial charge on any atom is -0.480 e. The van der Waals surface area contributed by atoms with Crippen molar-refractivity contribution in [3.63, 3.8) is 0 Å². The SMILES string of the molecule is C[C@H](NC(=O)Nc1cccs1)C(=O)O. The van der Waals surface area contributed by atoms with Crippen molar-refractivity contribution in [2.75, 3.05) is 5.32 Å². The summed E-state index contributed by atoms with van der Waals surface area (Å²) in [4.78, 5) is 21.5. The minimum atomic E-state index is -1.06. The summed E-state index contributed by atoms with van der Waals surface area (Å²) >= 11 is 1.37. The van der Waals surface area contributed by atoms with E-state index in [0.29, 0.717) is 5.00 Å². The Balaban J connectivity index is 2.40. The van der Waals surface area contributed by atoms with Gasteiger partial charge in [0.25, 0.3) is 0 Å². The molecule has 0 aliphatic heterocycles. The molecule has 0 spiro atoms. The topological polar surface area (TPSA) is 78.4 Å². The summed E-state index contributed by atoms with van der Waals surface area (Å²) in [6, 6.07) is 2.12. The van der Waals surface area contributed by atoms with Crippen LogP contribution in [0.15, 0.2) is 17.5 Å². The molecule has 1 aromatic heterocycles. The summed E-state index contributed by atoms with van der Waals surface area (Å²) in [7, 11) is 0. The molecule has 1 aromatic rings. The number of anilines is 1. The molecule has 1 rings (SSSR count). The summed E-state index contributed by atoms with van der Waals surface area (Å²) in [6.45, 7) is 1.40. The van der Waals surface area contributed by atoms with Crippen LogP contribution in [-0.2, 0) is 4.79 Å². The maximum Gasteiger partial charge on any atom is 0.325 e. The molecule has 3 N–H and O–H groups in total. The number of hydrogen-bond acceptors (Lipinski definition) is 3. The lowest BCUT2D eigenvalue weighted by Gasteiger charge is -2.09. The Kier molecular flexibility index (Phi) is 3.47. The largest absolute Gasteiger partial charge is 0.480 e. The van der Waals surface area contributed by atoms with Crippen LogP contribution in [0.1, 0.15) is 6.92 Å². The molecule has 0 radical (unpaired) electrons. The predicted molar refractivity (Wildman–Crippen MR) is 53.6 cm³/mol. The molecule has 0 aromatic carbocycles. The van der Waals surface area contributed by atoms with Crippen LogP contribution < -0.4 is 10.6 Å². The highest BCUT2D eigenvalue weighted by Crippen LogP contribution is 2.14. The van der Waals surface area contributed by atoms with Crippen LogP contribution in [0.3, 0.4) is 0 Å². The highest BCUT2D eigenvalue weighted by molar-refractivity contribution is 7.14. The molecule has 0 aliphatic rings. The van der Waals surface area contributed by atoms with Gasteiger partial charge >= 0.3 is 12.0 Å². The lowest BCUT2D eigenvalue weighted by molar-refractivity contribution is -0.138. The summed E-state index contributed by atoms with van der Waals surface area (Å²) in [5.41, 5.74) is 0. The third kappa shape index (κ3) is 3.06. The van der Waals surface area contributed by atoms with Gasteiger partial charge in [0.1, 0.15) is 6.04 Å². The van der Waals surface area contributed by atoms with Crippen LogP contribution in [0.2, 0.25) is 0 Å². The molecule has 0 fully saturated rings. The Bertz CT molecular complexity index is 323. The van der Waals surface area contributed by atoms with Gasteiger partial charge in [0.05, 0.1) is 5.00 Å². The Labute approximate surface area is 84.7 Å². The molecule has 14 heavy (non-hydrogen) atoms. The number of nitrogens with one attached hydrogen (secondary N) is 2. The lowest BCUT2D eigenvalue weighted by Crippen LogP contribution is -2.40. The Morgan fingerprint density at radius 3 is 2.79 bits per heavy atom. The first-order chi connectivity index (χ1) is 6.59. The van der Waals surface area contributed by atoms with Crippen molar-refractivity contribution in [1.82, 2.24) is 5.32 Å². The average molecular weight is 214 g/mol. The van der Waals surface area contributed by atoms with Crippen molar-refractivity contribution < 1.29 is 14.7 Å². The number of amides is 2. The molecular weight excluding hydrogens is 204 g/mol. The Morgan fingerprint density at radius 1 is 1.57 bits per heavy atom. The number of aliphatic carboxylic acids is 1. The number of carboxylic acids is 1. The maximum absolute atomic E-state index is 11.1. The first-order valence-electron chi connectivity index (χ1n) is 3.93. The normalized spacial score (nSPS) is 11.8. The molecule has 1 atom stereocenters. The Hall–Kier alpha value is -1.56. The fourth-order valence-electron chi connectivity index (χ4n) is 0.756. The highest BCUT2D eigenvalue weighted by atomic mass is 32.1. The van der Waals surface area contributed by atoms with E-state index in [1.165, 1.54) is 18.3 Å². The minimum absolute atomic E-state index is 0.512. The van der Waals surface area contributed by atoms with E-state index < -0.39 is 18.0 Å². The Morgan fingerprint density at radius 2 is 2.29 bits per heavy atom. The zero-order valence-corrected chi connectivity index (χ0v) is 8.30. The van der Waals surface area contributed by atoms with Gasteiger partial charge in [-0.05, 0) is 24.4 Å². The molecule has 0 bridgehead atoms. The second-order valence-electron chi connectivity index (χ2n) is 2.64. The van der Waals surface area contributed by atoms with Gasteiger partial charge in [0, 0.05) is 0 Å². The van der Waals surface area contributed by atoms with E-state index in [2.05, 4.69) is 10.6 Å². The number of hydrogen-bond donors (Lipinski definition) is 3. The van der Waals surface area contributed by atoms with E-state index in [0.717, 1.165) is 0 Å². The van der Waals surface area contributed by atoms with Crippen LogP contribution in [0.25, 0.3) is 0 Å². The van der Waals surface area contributed by atoms with E-state index in [9.17, 15) is 9.59 Å². The standard InChI is InChI=1S/C8H10N2O3S/c1-5(7(11)12)9-8(13)10-6-3-2-4-14-6/h2-5H,1H3,(H,11,12)(H2,9,10,13)/t5-/m0/s1. The van der Waals surface area contributed by atoms with Crippen molar-refractivity contribution in [1.29, 1.82) is 0 Å². The fourth-order valence-corrected chi connectivity index (χ4v) is 1.37. The fraction of sp³-hybridized carbons (Fsp3) is 0.250. The summed E-state index contributed by atoms with van der Waals surface area (Å²) in [5, 5.41) is 15.8. The van der Waals surface area contributed by atoms with E-state index in [1.807, 2.05) is 5.38 Å². The van der Waals surface area contributed by atoms with Crippen LogP contribution in [0.5, 0.6) is 0 Å². The third-order valence-corrected chi connectivity index (χ3v) is 2.26. The monoisotopic (exact) mass is 214 g/mol. The van der Waals surface area contributed by atoms with Crippen molar-refractivity contribution in [3.05, 3.63) is 17.5 Å². The number of urea groups is 1. The quantitative estimate of drug-likeness (QED) is 0.710. The van der Waals surface area contributed by atoms with Gasteiger partial charge in [-0.25, -0.2) is 4.79 Å². The van der Waals surface area contributed by atoms with E-state index in [-0.39, 0.29) is 0 Å². The van der Waals surface area contributed by atoms with Crippen molar-refractivity contribution in [3.8, 4) is 0 Å². The average Bonchev–Trinajstić information content (AvgIpc) is 2.56. The highest BCUT2D eigenvalue weighted by Gasteiger charge is 2.13. The zero-order chi connectivity index (χ0) is 10.6. The zero-order valence-electron chi connectivity index (χ0n) is 7.48. The number of rotatable bonds is 3. The number of carbonyl (C=O) groups is 2. The molecule has 76 valence electrons.